The number of halogens is 1. The number of piperidine rings is 1. The fraction of sp³-hybridized carbons (Fsp3) is 0.467. The molecule has 1 aliphatic heterocycles. The summed E-state index contributed by atoms with van der Waals surface area (Å²) in [6.07, 6.45) is 2.13. The second-order valence-corrected chi connectivity index (χ2v) is 5.81. The van der Waals surface area contributed by atoms with Gasteiger partial charge in [0, 0.05) is 13.1 Å². The summed E-state index contributed by atoms with van der Waals surface area (Å²) >= 11 is 5.79. The molecule has 2 N–H and O–H groups in total. The maximum absolute atomic E-state index is 12.0. The Morgan fingerprint density at radius 2 is 2.24 bits per heavy atom. The van der Waals surface area contributed by atoms with Gasteiger partial charge in [0.1, 0.15) is 0 Å². The molecule has 1 aromatic rings. The number of nitrogen functional groups attached to an aromatic ring is 1. The second-order valence-electron chi connectivity index (χ2n) is 5.40. The minimum absolute atomic E-state index is 0.156. The van der Waals surface area contributed by atoms with Crippen LogP contribution in [0.4, 0.5) is 5.69 Å². The lowest BCUT2D eigenvalue weighted by molar-refractivity contribution is -0.136. The Labute approximate surface area is 129 Å². The fourth-order valence-electron chi connectivity index (χ4n) is 2.39. The van der Waals surface area contributed by atoms with E-state index in [-0.39, 0.29) is 18.1 Å². The normalized spacial score (nSPS) is 18.4. The van der Waals surface area contributed by atoms with E-state index in [0.29, 0.717) is 16.6 Å². The first kappa shape index (κ1) is 15.6. The molecule has 0 radical (unpaired) electrons. The first-order chi connectivity index (χ1) is 9.97. The van der Waals surface area contributed by atoms with E-state index in [4.69, 9.17) is 22.1 Å². The van der Waals surface area contributed by atoms with Crippen LogP contribution in [0.5, 0.6) is 0 Å². The van der Waals surface area contributed by atoms with Crippen molar-refractivity contribution in [3.63, 3.8) is 0 Å². The SMILES string of the molecule is C[C@@H]1CCCN(C(=O)COC(=O)c2ccc(Cl)c(N)c2)C1. The average Bonchev–Trinajstić information content (AvgIpc) is 2.47. The summed E-state index contributed by atoms with van der Waals surface area (Å²) in [5.41, 5.74) is 6.23. The minimum Gasteiger partial charge on any atom is -0.452 e. The van der Waals surface area contributed by atoms with Crippen LogP contribution in [-0.4, -0.2) is 36.5 Å². The molecule has 1 fully saturated rings. The Hall–Kier alpha value is -1.75. The summed E-state index contributed by atoms with van der Waals surface area (Å²) in [4.78, 5) is 25.6. The van der Waals surface area contributed by atoms with Crippen LogP contribution in [0.1, 0.15) is 30.1 Å². The Morgan fingerprint density at radius 3 is 2.90 bits per heavy atom. The van der Waals surface area contributed by atoms with Crippen LogP contribution < -0.4 is 5.73 Å². The maximum atomic E-state index is 12.0. The molecule has 0 spiro atoms. The van der Waals surface area contributed by atoms with Gasteiger partial charge in [-0.05, 0) is 37.0 Å². The number of benzene rings is 1. The van der Waals surface area contributed by atoms with E-state index in [0.717, 1.165) is 25.9 Å². The smallest absolute Gasteiger partial charge is 0.338 e. The van der Waals surface area contributed by atoms with Gasteiger partial charge in [-0.2, -0.15) is 0 Å². The van der Waals surface area contributed by atoms with Crippen molar-refractivity contribution in [1.29, 1.82) is 0 Å². The van der Waals surface area contributed by atoms with E-state index in [2.05, 4.69) is 6.92 Å². The van der Waals surface area contributed by atoms with Gasteiger partial charge in [0.2, 0.25) is 0 Å². The third-order valence-corrected chi connectivity index (χ3v) is 3.91. The van der Waals surface area contributed by atoms with Gasteiger partial charge < -0.3 is 15.4 Å². The monoisotopic (exact) mass is 310 g/mol. The largest absolute Gasteiger partial charge is 0.452 e. The Kier molecular flexibility index (Phi) is 5.07. The van der Waals surface area contributed by atoms with Gasteiger partial charge in [-0.1, -0.05) is 18.5 Å². The molecule has 2 rings (SSSR count). The molecule has 1 amide bonds. The number of likely N-dealkylation sites (tertiary alicyclic amines) is 1. The predicted molar refractivity (Wildman–Crippen MR) is 81.1 cm³/mol. The van der Waals surface area contributed by atoms with Crippen LogP contribution in [0.2, 0.25) is 5.02 Å². The summed E-state index contributed by atoms with van der Waals surface area (Å²) < 4.78 is 5.04. The first-order valence-electron chi connectivity index (χ1n) is 6.97. The molecule has 0 unspecified atom stereocenters. The number of esters is 1. The number of hydrogen-bond acceptors (Lipinski definition) is 4. The highest BCUT2D eigenvalue weighted by molar-refractivity contribution is 6.33. The van der Waals surface area contributed by atoms with Crippen LogP contribution in [0.3, 0.4) is 0 Å². The van der Waals surface area contributed by atoms with Crippen molar-refractivity contribution in [2.45, 2.75) is 19.8 Å². The lowest BCUT2D eigenvalue weighted by atomic mass is 10.0. The fourth-order valence-corrected chi connectivity index (χ4v) is 2.51. The van der Waals surface area contributed by atoms with Crippen LogP contribution >= 0.6 is 11.6 Å². The molecule has 1 aromatic carbocycles. The zero-order chi connectivity index (χ0) is 15.4. The minimum atomic E-state index is -0.572. The summed E-state index contributed by atoms with van der Waals surface area (Å²) in [6, 6.07) is 4.49. The van der Waals surface area contributed by atoms with E-state index in [1.165, 1.54) is 18.2 Å². The van der Waals surface area contributed by atoms with Gasteiger partial charge in [0.25, 0.3) is 5.91 Å². The number of nitrogens with zero attached hydrogens (tertiary/aromatic N) is 1. The lowest BCUT2D eigenvalue weighted by Gasteiger charge is -2.30. The average molecular weight is 311 g/mol. The molecular weight excluding hydrogens is 292 g/mol. The summed E-state index contributed by atoms with van der Waals surface area (Å²) in [5, 5.41) is 0.380. The van der Waals surface area contributed by atoms with E-state index < -0.39 is 5.97 Å². The van der Waals surface area contributed by atoms with Gasteiger partial charge >= 0.3 is 5.97 Å². The predicted octanol–water partition coefficient (Wildman–Crippen LogP) is 2.34. The highest BCUT2D eigenvalue weighted by Gasteiger charge is 2.22. The molecule has 0 bridgehead atoms. The zero-order valence-electron chi connectivity index (χ0n) is 12.0. The molecule has 0 aromatic heterocycles. The van der Waals surface area contributed by atoms with Crippen molar-refractivity contribution in [2.24, 2.45) is 5.92 Å². The molecule has 114 valence electrons. The molecule has 0 aliphatic carbocycles. The summed E-state index contributed by atoms with van der Waals surface area (Å²) in [5.74, 6) is -0.233. The molecule has 0 saturated carbocycles. The van der Waals surface area contributed by atoms with Crippen LogP contribution in [0.15, 0.2) is 18.2 Å². The molecule has 6 heteroatoms. The van der Waals surface area contributed by atoms with Crippen molar-refractivity contribution in [3.8, 4) is 0 Å². The van der Waals surface area contributed by atoms with Gasteiger partial charge in [0.15, 0.2) is 6.61 Å². The summed E-state index contributed by atoms with van der Waals surface area (Å²) in [7, 11) is 0. The van der Waals surface area contributed by atoms with Crippen molar-refractivity contribution in [2.75, 3.05) is 25.4 Å². The van der Waals surface area contributed by atoms with Gasteiger partial charge in [-0.15, -0.1) is 0 Å². The van der Waals surface area contributed by atoms with Crippen molar-refractivity contribution in [1.82, 2.24) is 4.90 Å². The number of carbonyl (C=O) groups is 2. The standard InChI is InChI=1S/C15H19ClN2O3/c1-10-3-2-6-18(8-10)14(19)9-21-15(20)11-4-5-12(16)13(17)7-11/h4-5,7,10H,2-3,6,8-9,17H2,1H3/t10-/m1/s1. The van der Waals surface area contributed by atoms with E-state index >= 15 is 0 Å². The van der Waals surface area contributed by atoms with Crippen LogP contribution in [-0.2, 0) is 9.53 Å². The summed E-state index contributed by atoms with van der Waals surface area (Å²) in [6.45, 7) is 3.33. The highest BCUT2D eigenvalue weighted by atomic mass is 35.5. The van der Waals surface area contributed by atoms with E-state index in [1.54, 1.807) is 4.90 Å². The molecule has 1 saturated heterocycles. The Bertz CT molecular complexity index is 548. The van der Waals surface area contributed by atoms with Crippen molar-refractivity contribution >= 4 is 29.2 Å². The third kappa shape index (κ3) is 4.11. The van der Waals surface area contributed by atoms with Gasteiger partial charge in [-0.25, -0.2) is 4.79 Å². The molecule has 21 heavy (non-hydrogen) atoms. The van der Waals surface area contributed by atoms with Crippen LogP contribution in [0, 0.1) is 5.92 Å². The second kappa shape index (κ2) is 6.80. The van der Waals surface area contributed by atoms with E-state index in [9.17, 15) is 9.59 Å². The highest BCUT2D eigenvalue weighted by Crippen LogP contribution is 2.20. The molecule has 1 heterocycles. The Morgan fingerprint density at radius 1 is 1.48 bits per heavy atom. The van der Waals surface area contributed by atoms with Crippen molar-refractivity contribution < 1.29 is 14.3 Å². The number of hydrogen-bond donors (Lipinski definition) is 1. The number of nitrogens with two attached hydrogens (primary N) is 1. The maximum Gasteiger partial charge on any atom is 0.338 e. The van der Waals surface area contributed by atoms with Gasteiger partial charge in [0.05, 0.1) is 16.3 Å². The number of anilines is 1. The zero-order valence-corrected chi connectivity index (χ0v) is 12.7. The lowest BCUT2D eigenvalue weighted by Crippen LogP contribution is -2.41. The number of carbonyl (C=O) groups excluding carboxylic acids is 2. The number of rotatable bonds is 3. The topological polar surface area (TPSA) is 72.6 Å². The molecule has 1 atom stereocenters. The molecular formula is C15H19ClN2O3. The Balaban J connectivity index is 1.88. The molecule has 1 aliphatic rings. The van der Waals surface area contributed by atoms with E-state index in [1.807, 2.05) is 0 Å². The van der Waals surface area contributed by atoms with Crippen LogP contribution in [0.25, 0.3) is 0 Å². The molecule has 5 nitrogen and oxygen atoms in total. The first-order valence-corrected chi connectivity index (χ1v) is 7.35. The third-order valence-electron chi connectivity index (χ3n) is 3.57. The van der Waals surface area contributed by atoms with Crippen molar-refractivity contribution in [3.05, 3.63) is 28.8 Å². The number of ether oxygens (including phenoxy) is 1. The van der Waals surface area contributed by atoms with Gasteiger partial charge in [-0.3, -0.25) is 4.79 Å². The quantitative estimate of drug-likeness (QED) is 0.687. The number of amides is 1.